The average Bonchev–Trinajstić information content (AvgIpc) is 3.05. The zero-order valence-corrected chi connectivity index (χ0v) is 13.2. The largest absolute Gasteiger partial charge is 0.388 e. The van der Waals surface area contributed by atoms with Gasteiger partial charge in [0.05, 0.1) is 21.9 Å². The Labute approximate surface area is 142 Å². The van der Waals surface area contributed by atoms with E-state index in [-0.39, 0.29) is 17.2 Å². The van der Waals surface area contributed by atoms with Gasteiger partial charge in [0.25, 0.3) is 11.2 Å². The van der Waals surface area contributed by atoms with Crippen LogP contribution in [0, 0.1) is 10.1 Å². The summed E-state index contributed by atoms with van der Waals surface area (Å²) in [7, 11) is 0. The molecule has 0 saturated heterocycles. The van der Waals surface area contributed by atoms with Crippen molar-refractivity contribution >= 4 is 16.6 Å². The van der Waals surface area contributed by atoms with Crippen LogP contribution in [0.4, 0.5) is 5.69 Å². The highest BCUT2D eigenvalue weighted by Crippen LogP contribution is 2.37. The van der Waals surface area contributed by atoms with E-state index in [9.17, 15) is 20.0 Å². The van der Waals surface area contributed by atoms with Crippen LogP contribution in [0.5, 0.6) is 0 Å². The molecule has 25 heavy (non-hydrogen) atoms. The predicted molar refractivity (Wildman–Crippen MR) is 91.4 cm³/mol. The SMILES string of the molecule is O=c1c2ccccc2nc2n1CCC2C(O)c1cccc([N+](=O)[O-])c1. The van der Waals surface area contributed by atoms with E-state index in [0.717, 1.165) is 0 Å². The minimum atomic E-state index is -0.957. The van der Waals surface area contributed by atoms with Crippen molar-refractivity contribution in [3.8, 4) is 0 Å². The Morgan fingerprint density at radius 3 is 2.84 bits per heavy atom. The number of non-ortho nitro benzene ring substituents is 1. The number of nitrogens with zero attached hydrogens (tertiary/aromatic N) is 3. The van der Waals surface area contributed by atoms with E-state index >= 15 is 0 Å². The third kappa shape index (κ3) is 2.49. The second kappa shape index (κ2) is 5.78. The summed E-state index contributed by atoms with van der Waals surface area (Å²) in [6.07, 6.45) is -0.399. The molecule has 0 saturated carbocycles. The smallest absolute Gasteiger partial charge is 0.269 e. The molecule has 0 radical (unpaired) electrons. The Kier molecular flexibility index (Phi) is 3.58. The number of hydrogen-bond donors (Lipinski definition) is 1. The van der Waals surface area contributed by atoms with E-state index < -0.39 is 11.0 Å². The highest BCUT2D eigenvalue weighted by Gasteiger charge is 2.33. The standard InChI is InChI=1S/C18H15N3O4/c22-16(11-4-3-5-12(10-11)21(24)25)14-8-9-20-17(14)19-15-7-2-1-6-13(15)18(20)23/h1-7,10,14,16,22H,8-9H2. The Morgan fingerprint density at radius 2 is 2.04 bits per heavy atom. The van der Waals surface area contributed by atoms with Gasteiger partial charge in [-0.05, 0) is 24.1 Å². The van der Waals surface area contributed by atoms with Gasteiger partial charge in [0.2, 0.25) is 0 Å². The monoisotopic (exact) mass is 337 g/mol. The lowest BCUT2D eigenvalue weighted by Crippen LogP contribution is -2.22. The minimum absolute atomic E-state index is 0.0709. The maximum atomic E-state index is 12.6. The van der Waals surface area contributed by atoms with Crippen molar-refractivity contribution in [3.05, 3.63) is 80.4 Å². The fourth-order valence-electron chi connectivity index (χ4n) is 3.44. The fourth-order valence-corrected chi connectivity index (χ4v) is 3.44. The molecule has 0 amide bonds. The molecule has 0 fully saturated rings. The first-order valence-electron chi connectivity index (χ1n) is 7.98. The van der Waals surface area contributed by atoms with Crippen LogP contribution in [0.25, 0.3) is 10.9 Å². The summed E-state index contributed by atoms with van der Waals surface area (Å²) >= 11 is 0. The molecule has 0 aliphatic carbocycles. The molecule has 1 N–H and O–H groups in total. The Bertz CT molecular complexity index is 1040. The van der Waals surface area contributed by atoms with Crippen LogP contribution < -0.4 is 5.56 Å². The number of aromatic nitrogens is 2. The quantitative estimate of drug-likeness (QED) is 0.585. The molecule has 7 nitrogen and oxygen atoms in total. The van der Waals surface area contributed by atoms with E-state index in [4.69, 9.17) is 0 Å². The zero-order valence-electron chi connectivity index (χ0n) is 13.2. The van der Waals surface area contributed by atoms with Crippen molar-refractivity contribution in [2.45, 2.75) is 25.0 Å². The van der Waals surface area contributed by atoms with Crippen molar-refractivity contribution in [3.63, 3.8) is 0 Å². The summed E-state index contributed by atoms with van der Waals surface area (Å²) in [6.45, 7) is 0.475. The van der Waals surface area contributed by atoms with Gasteiger partial charge in [-0.1, -0.05) is 24.3 Å². The highest BCUT2D eigenvalue weighted by molar-refractivity contribution is 5.77. The van der Waals surface area contributed by atoms with Crippen molar-refractivity contribution in [1.82, 2.24) is 9.55 Å². The van der Waals surface area contributed by atoms with Gasteiger partial charge in [0, 0.05) is 24.6 Å². The molecule has 1 aliphatic heterocycles. The molecule has 2 heterocycles. The topological polar surface area (TPSA) is 98.3 Å². The number of aliphatic hydroxyl groups is 1. The van der Waals surface area contributed by atoms with E-state index in [1.54, 1.807) is 34.9 Å². The van der Waals surface area contributed by atoms with Gasteiger partial charge < -0.3 is 5.11 Å². The molecular weight excluding hydrogens is 322 g/mol. The van der Waals surface area contributed by atoms with Crippen molar-refractivity contribution in [2.24, 2.45) is 0 Å². The Morgan fingerprint density at radius 1 is 1.24 bits per heavy atom. The number of hydrogen-bond acceptors (Lipinski definition) is 5. The average molecular weight is 337 g/mol. The van der Waals surface area contributed by atoms with Gasteiger partial charge >= 0.3 is 0 Å². The van der Waals surface area contributed by atoms with Crippen LogP contribution in [0.3, 0.4) is 0 Å². The molecule has 2 aromatic carbocycles. The lowest BCUT2D eigenvalue weighted by atomic mass is 9.93. The molecule has 0 bridgehead atoms. The van der Waals surface area contributed by atoms with Crippen molar-refractivity contribution in [2.75, 3.05) is 0 Å². The van der Waals surface area contributed by atoms with E-state index in [1.165, 1.54) is 12.1 Å². The first-order chi connectivity index (χ1) is 12.1. The molecule has 4 rings (SSSR count). The summed E-state index contributed by atoms with van der Waals surface area (Å²) in [6, 6.07) is 13.1. The van der Waals surface area contributed by atoms with Crippen LogP contribution in [0.1, 0.15) is 29.8 Å². The van der Waals surface area contributed by atoms with E-state index in [0.29, 0.717) is 35.3 Å². The number of benzene rings is 2. The number of para-hydroxylation sites is 1. The summed E-state index contributed by atoms with van der Waals surface area (Å²) in [4.78, 5) is 27.7. The minimum Gasteiger partial charge on any atom is -0.388 e. The lowest BCUT2D eigenvalue weighted by Gasteiger charge is -2.18. The third-order valence-electron chi connectivity index (χ3n) is 4.69. The van der Waals surface area contributed by atoms with Crippen LogP contribution in [0.15, 0.2) is 53.3 Å². The number of nitro benzene ring substituents is 1. The van der Waals surface area contributed by atoms with Gasteiger partial charge in [-0.3, -0.25) is 19.5 Å². The molecule has 3 aromatic rings. The second-order valence-corrected chi connectivity index (χ2v) is 6.14. The summed E-state index contributed by atoms with van der Waals surface area (Å²) < 4.78 is 1.59. The number of aliphatic hydroxyl groups excluding tert-OH is 1. The molecule has 126 valence electrons. The van der Waals surface area contributed by atoms with Crippen LogP contribution in [0.2, 0.25) is 0 Å². The first kappa shape index (κ1) is 15.5. The van der Waals surface area contributed by atoms with Crippen LogP contribution in [-0.2, 0) is 6.54 Å². The zero-order chi connectivity index (χ0) is 17.6. The third-order valence-corrected chi connectivity index (χ3v) is 4.69. The predicted octanol–water partition coefficient (Wildman–Crippen LogP) is 2.53. The van der Waals surface area contributed by atoms with Gasteiger partial charge in [-0.15, -0.1) is 0 Å². The number of fused-ring (bicyclic) bond motifs is 2. The van der Waals surface area contributed by atoms with Gasteiger partial charge in [-0.25, -0.2) is 4.98 Å². The van der Waals surface area contributed by atoms with Gasteiger partial charge in [-0.2, -0.15) is 0 Å². The molecule has 1 aliphatic rings. The number of nitro groups is 1. The van der Waals surface area contributed by atoms with E-state index in [2.05, 4.69) is 4.98 Å². The number of rotatable bonds is 3. The summed E-state index contributed by atoms with van der Waals surface area (Å²) in [5.74, 6) is 0.155. The fraction of sp³-hybridized carbons (Fsp3) is 0.222. The van der Waals surface area contributed by atoms with Crippen LogP contribution >= 0.6 is 0 Å². The first-order valence-corrected chi connectivity index (χ1v) is 7.98. The van der Waals surface area contributed by atoms with Crippen LogP contribution in [-0.4, -0.2) is 19.6 Å². The van der Waals surface area contributed by atoms with Crippen molar-refractivity contribution in [1.29, 1.82) is 0 Å². The molecule has 2 atom stereocenters. The van der Waals surface area contributed by atoms with Crippen molar-refractivity contribution < 1.29 is 10.0 Å². The van der Waals surface area contributed by atoms with Gasteiger partial charge in [0.15, 0.2) is 0 Å². The van der Waals surface area contributed by atoms with Gasteiger partial charge in [0.1, 0.15) is 5.82 Å². The lowest BCUT2D eigenvalue weighted by molar-refractivity contribution is -0.385. The normalized spacial score (nSPS) is 17.4. The summed E-state index contributed by atoms with van der Waals surface area (Å²) in [5.41, 5.74) is 0.861. The second-order valence-electron chi connectivity index (χ2n) is 6.14. The molecule has 1 aromatic heterocycles. The molecule has 7 heteroatoms. The summed E-state index contributed by atoms with van der Waals surface area (Å²) in [5, 5.41) is 22.3. The maximum absolute atomic E-state index is 12.6. The highest BCUT2D eigenvalue weighted by atomic mass is 16.6. The maximum Gasteiger partial charge on any atom is 0.269 e. The Balaban J connectivity index is 1.79. The molecular formula is C18H15N3O4. The Hall–Kier alpha value is -3.06. The molecule has 2 unspecified atom stereocenters. The van der Waals surface area contributed by atoms with E-state index in [1.807, 2.05) is 6.07 Å². The molecule has 0 spiro atoms.